The van der Waals surface area contributed by atoms with Gasteiger partial charge in [0.15, 0.2) is 0 Å². The molecule has 2 N–H and O–H groups in total. The highest BCUT2D eigenvalue weighted by molar-refractivity contribution is 7.09. The van der Waals surface area contributed by atoms with E-state index < -0.39 is 0 Å². The summed E-state index contributed by atoms with van der Waals surface area (Å²) in [6, 6.07) is 0. The summed E-state index contributed by atoms with van der Waals surface area (Å²) >= 11 is 1.18. The zero-order chi connectivity index (χ0) is 14.8. The van der Waals surface area contributed by atoms with Crippen molar-refractivity contribution in [2.45, 2.75) is 34.2 Å². The van der Waals surface area contributed by atoms with Crippen molar-refractivity contribution < 1.29 is 4.79 Å². The molecule has 108 valence electrons. The van der Waals surface area contributed by atoms with Gasteiger partial charge in [0.2, 0.25) is 5.91 Å². The van der Waals surface area contributed by atoms with Gasteiger partial charge in [-0.1, -0.05) is 25.2 Å². The van der Waals surface area contributed by atoms with E-state index >= 15 is 0 Å². The van der Waals surface area contributed by atoms with Crippen LogP contribution in [0.2, 0.25) is 0 Å². The van der Waals surface area contributed by atoms with Crippen molar-refractivity contribution in [1.82, 2.24) is 9.47 Å². The monoisotopic (exact) mass is 285 g/mol. The molecule has 0 fully saturated rings. The van der Waals surface area contributed by atoms with Gasteiger partial charge in [0.1, 0.15) is 6.54 Å². The number of thiazole rings is 1. The van der Waals surface area contributed by atoms with Crippen LogP contribution in [0.15, 0.2) is 4.79 Å². The van der Waals surface area contributed by atoms with Crippen molar-refractivity contribution >= 4 is 17.2 Å². The number of carbonyl (C=O) groups excluding carboxylic acids is 1. The molecule has 0 saturated heterocycles. The Kier molecular flexibility index (Phi) is 4.92. The molecule has 0 bridgehead atoms. The van der Waals surface area contributed by atoms with Gasteiger partial charge in [-0.25, -0.2) is 0 Å². The van der Waals surface area contributed by atoms with Crippen molar-refractivity contribution in [2.24, 2.45) is 11.1 Å². The van der Waals surface area contributed by atoms with E-state index in [-0.39, 0.29) is 22.7 Å². The van der Waals surface area contributed by atoms with Gasteiger partial charge < -0.3 is 10.6 Å². The molecule has 1 heterocycles. The Balaban J connectivity index is 2.77. The van der Waals surface area contributed by atoms with Crippen molar-refractivity contribution in [3.63, 3.8) is 0 Å². The minimum absolute atomic E-state index is 0.0653. The van der Waals surface area contributed by atoms with Crippen molar-refractivity contribution in [1.29, 1.82) is 0 Å². The van der Waals surface area contributed by atoms with Crippen LogP contribution in [0.3, 0.4) is 0 Å². The van der Waals surface area contributed by atoms with Crippen LogP contribution in [0, 0.1) is 19.3 Å². The lowest BCUT2D eigenvalue weighted by Gasteiger charge is -2.29. The molecule has 1 rings (SSSR count). The Morgan fingerprint density at radius 1 is 1.42 bits per heavy atom. The summed E-state index contributed by atoms with van der Waals surface area (Å²) in [7, 11) is 1.75. The molecule has 19 heavy (non-hydrogen) atoms. The smallest absolute Gasteiger partial charge is 0.308 e. The second-order valence-electron chi connectivity index (χ2n) is 5.71. The fourth-order valence-electron chi connectivity index (χ4n) is 1.82. The molecular weight excluding hydrogens is 262 g/mol. The average Bonchev–Trinajstić information content (AvgIpc) is 2.55. The lowest BCUT2D eigenvalue weighted by molar-refractivity contribution is -0.131. The van der Waals surface area contributed by atoms with Crippen LogP contribution in [0.5, 0.6) is 0 Å². The Hall–Kier alpha value is -1.14. The van der Waals surface area contributed by atoms with Crippen molar-refractivity contribution in [2.75, 3.05) is 20.1 Å². The first kappa shape index (κ1) is 15.9. The van der Waals surface area contributed by atoms with E-state index in [9.17, 15) is 9.59 Å². The number of carbonyl (C=O) groups is 1. The largest absolute Gasteiger partial charge is 0.344 e. The second-order valence-corrected chi connectivity index (χ2v) is 6.88. The van der Waals surface area contributed by atoms with Gasteiger partial charge in [0.05, 0.1) is 0 Å². The molecule has 0 unspecified atom stereocenters. The Morgan fingerprint density at radius 3 is 2.42 bits per heavy atom. The molecule has 5 nitrogen and oxygen atoms in total. The molecule has 0 aliphatic heterocycles. The Morgan fingerprint density at radius 2 is 2.00 bits per heavy atom. The third kappa shape index (κ3) is 3.91. The topological polar surface area (TPSA) is 68.3 Å². The summed E-state index contributed by atoms with van der Waals surface area (Å²) in [5.74, 6) is -0.0653. The molecule has 1 aromatic rings. The standard InChI is InChI=1S/C13H23N3O2S/c1-9-10(2)19-12(18)16(9)6-11(17)15(5)8-13(3,4)7-14/h6-8,14H2,1-5H3. The number of aryl methyl sites for hydroxylation is 1. The Labute approximate surface area is 118 Å². The lowest BCUT2D eigenvalue weighted by Crippen LogP contribution is -2.41. The fraction of sp³-hybridized carbons (Fsp3) is 0.692. The molecule has 1 amide bonds. The van der Waals surface area contributed by atoms with Crippen molar-refractivity contribution in [3.8, 4) is 0 Å². The highest BCUT2D eigenvalue weighted by Gasteiger charge is 2.22. The van der Waals surface area contributed by atoms with E-state index in [0.29, 0.717) is 13.1 Å². The highest BCUT2D eigenvalue weighted by Crippen LogP contribution is 2.15. The first-order valence-electron chi connectivity index (χ1n) is 6.29. The molecule has 0 aromatic carbocycles. The summed E-state index contributed by atoms with van der Waals surface area (Å²) in [4.78, 5) is 26.4. The van der Waals surface area contributed by atoms with Gasteiger partial charge >= 0.3 is 4.87 Å². The predicted molar refractivity (Wildman–Crippen MR) is 78.5 cm³/mol. The van der Waals surface area contributed by atoms with E-state index in [1.165, 1.54) is 15.9 Å². The van der Waals surface area contributed by atoms with Crippen LogP contribution in [-0.2, 0) is 11.3 Å². The van der Waals surface area contributed by atoms with E-state index in [2.05, 4.69) is 0 Å². The van der Waals surface area contributed by atoms with E-state index in [1.54, 1.807) is 11.9 Å². The summed E-state index contributed by atoms with van der Waals surface area (Å²) in [6.45, 7) is 8.99. The van der Waals surface area contributed by atoms with Gasteiger partial charge in [0, 0.05) is 24.2 Å². The normalized spacial score (nSPS) is 11.7. The zero-order valence-electron chi connectivity index (χ0n) is 12.3. The van der Waals surface area contributed by atoms with E-state index in [1.807, 2.05) is 27.7 Å². The number of rotatable bonds is 5. The summed E-state index contributed by atoms with van der Waals surface area (Å²) in [6.07, 6.45) is 0. The number of hydrogen-bond donors (Lipinski definition) is 1. The average molecular weight is 285 g/mol. The number of amides is 1. The third-order valence-electron chi connectivity index (χ3n) is 3.31. The lowest BCUT2D eigenvalue weighted by atomic mass is 9.93. The predicted octanol–water partition coefficient (Wildman–Crippen LogP) is 0.970. The van der Waals surface area contributed by atoms with Gasteiger partial charge in [-0.05, 0) is 25.8 Å². The second kappa shape index (κ2) is 5.88. The van der Waals surface area contributed by atoms with Crippen LogP contribution >= 0.6 is 11.3 Å². The van der Waals surface area contributed by atoms with Crippen LogP contribution in [0.25, 0.3) is 0 Å². The van der Waals surface area contributed by atoms with Crippen LogP contribution in [0.4, 0.5) is 0 Å². The fourth-order valence-corrected chi connectivity index (χ4v) is 2.65. The molecule has 0 atom stereocenters. The van der Waals surface area contributed by atoms with Crippen molar-refractivity contribution in [3.05, 3.63) is 20.2 Å². The quantitative estimate of drug-likeness (QED) is 0.876. The third-order valence-corrected chi connectivity index (χ3v) is 4.31. The van der Waals surface area contributed by atoms with Gasteiger partial charge in [-0.3, -0.25) is 14.2 Å². The minimum Gasteiger partial charge on any atom is -0.344 e. The molecular formula is C13H23N3O2S. The molecule has 0 aliphatic rings. The summed E-state index contributed by atoms with van der Waals surface area (Å²) in [5.41, 5.74) is 6.42. The maximum absolute atomic E-state index is 12.1. The van der Waals surface area contributed by atoms with Gasteiger partial charge in [-0.15, -0.1) is 0 Å². The summed E-state index contributed by atoms with van der Waals surface area (Å²) < 4.78 is 1.54. The zero-order valence-corrected chi connectivity index (χ0v) is 13.1. The number of nitrogens with zero attached hydrogens (tertiary/aromatic N) is 2. The number of hydrogen-bond acceptors (Lipinski definition) is 4. The van der Waals surface area contributed by atoms with E-state index in [4.69, 9.17) is 5.73 Å². The maximum atomic E-state index is 12.1. The SMILES string of the molecule is Cc1sc(=O)n(CC(=O)N(C)CC(C)(C)CN)c1C. The maximum Gasteiger partial charge on any atom is 0.308 e. The number of aromatic nitrogens is 1. The highest BCUT2D eigenvalue weighted by atomic mass is 32.1. The Bertz CT molecular complexity index is 516. The first-order valence-corrected chi connectivity index (χ1v) is 7.10. The summed E-state index contributed by atoms with van der Waals surface area (Å²) in [5, 5.41) is 0. The molecule has 0 spiro atoms. The minimum atomic E-state index is -0.116. The molecule has 6 heteroatoms. The van der Waals surface area contributed by atoms with Crippen LogP contribution in [0.1, 0.15) is 24.4 Å². The number of likely N-dealkylation sites (N-methyl/N-ethyl adjacent to an activating group) is 1. The molecule has 1 aromatic heterocycles. The van der Waals surface area contributed by atoms with Crippen LogP contribution < -0.4 is 10.6 Å². The molecule has 0 aliphatic carbocycles. The molecule has 0 saturated carbocycles. The van der Waals surface area contributed by atoms with Gasteiger partial charge in [-0.2, -0.15) is 0 Å². The first-order chi connectivity index (χ1) is 8.68. The number of nitrogens with two attached hydrogens (primary N) is 1. The van der Waals surface area contributed by atoms with E-state index in [0.717, 1.165) is 10.6 Å². The van der Waals surface area contributed by atoms with Crippen LogP contribution in [-0.4, -0.2) is 35.5 Å². The molecule has 0 radical (unpaired) electrons. The van der Waals surface area contributed by atoms with Gasteiger partial charge in [0.25, 0.3) is 0 Å².